The van der Waals surface area contributed by atoms with Crippen molar-refractivity contribution in [3.63, 3.8) is 0 Å². The van der Waals surface area contributed by atoms with Crippen LogP contribution >= 0.6 is 43.6 Å². The average Bonchev–Trinajstić information content (AvgIpc) is 2.54. The van der Waals surface area contributed by atoms with Gasteiger partial charge >= 0.3 is 0 Å². The third-order valence-corrected chi connectivity index (χ3v) is 4.63. The van der Waals surface area contributed by atoms with Gasteiger partial charge in [0, 0.05) is 9.37 Å². The number of hydrogen-bond acceptors (Lipinski definition) is 4. The van der Waals surface area contributed by atoms with Gasteiger partial charge in [0.2, 0.25) is 0 Å². The van der Waals surface area contributed by atoms with E-state index in [0.29, 0.717) is 5.75 Å². The molecule has 0 aliphatic heterocycles. The lowest BCUT2D eigenvalue weighted by molar-refractivity contribution is -0.123. The maximum absolute atomic E-state index is 11.7. The molecule has 0 radical (unpaired) electrons. The first-order valence-electron chi connectivity index (χ1n) is 6.62. The predicted octanol–water partition coefficient (Wildman–Crippen LogP) is 4.46. The highest BCUT2D eigenvalue weighted by Gasteiger charge is 2.05. The fraction of sp³-hybridized carbons (Fsp3) is 0.125. The van der Waals surface area contributed by atoms with Crippen molar-refractivity contribution in [1.82, 2.24) is 5.43 Å². The molecule has 1 N–H and O–H groups in total. The van der Waals surface area contributed by atoms with Gasteiger partial charge in [0.05, 0.1) is 10.7 Å². The van der Waals surface area contributed by atoms with E-state index in [9.17, 15) is 4.79 Å². The quantitative estimate of drug-likeness (QED) is 0.395. The number of hydrazone groups is 1. The Morgan fingerprint density at radius 3 is 2.65 bits per heavy atom. The summed E-state index contributed by atoms with van der Waals surface area (Å²) in [5.74, 6) is 0.275. The first-order valence-corrected chi connectivity index (χ1v) is 9.43. The molecule has 2 rings (SSSR count). The van der Waals surface area contributed by atoms with Crippen molar-refractivity contribution in [3.8, 4) is 5.75 Å². The minimum Gasteiger partial charge on any atom is -0.483 e. The molecular formula is C16H14Br2N2O2S. The van der Waals surface area contributed by atoms with Crippen LogP contribution in [0.4, 0.5) is 0 Å². The molecular weight excluding hydrogens is 444 g/mol. The largest absolute Gasteiger partial charge is 0.483 e. The number of nitrogens with one attached hydrogen (secondary N) is 1. The number of benzene rings is 2. The topological polar surface area (TPSA) is 50.7 Å². The summed E-state index contributed by atoms with van der Waals surface area (Å²) in [6, 6.07) is 13.4. The van der Waals surface area contributed by atoms with Crippen molar-refractivity contribution in [2.24, 2.45) is 5.10 Å². The highest BCUT2D eigenvalue weighted by molar-refractivity contribution is 9.11. The molecule has 4 nitrogen and oxygen atoms in total. The van der Waals surface area contributed by atoms with Crippen molar-refractivity contribution in [2.75, 3.05) is 12.9 Å². The van der Waals surface area contributed by atoms with Gasteiger partial charge in [-0.3, -0.25) is 4.79 Å². The first-order chi connectivity index (χ1) is 11.1. The van der Waals surface area contributed by atoms with Gasteiger partial charge in [0.15, 0.2) is 6.61 Å². The molecule has 0 atom stereocenters. The molecule has 0 heterocycles. The van der Waals surface area contributed by atoms with Crippen molar-refractivity contribution in [1.29, 1.82) is 0 Å². The lowest BCUT2D eigenvalue weighted by atomic mass is 10.2. The Bertz CT molecular complexity index is 706. The van der Waals surface area contributed by atoms with Crippen LogP contribution in [-0.4, -0.2) is 25.0 Å². The van der Waals surface area contributed by atoms with Gasteiger partial charge in [-0.15, -0.1) is 11.8 Å². The second kappa shape index (κ2) is 9.10. The summed E-state index contributed by atoms with van der Waals surface area (Å²) in [6.07, 6.45) is 3.62. The van der Waals surface area contributed by atoms with Gasteiger partial charge in [0.1, 0.15) is 5.75 Å². The molecule has 0 aromatic heterocycles. The summed E-state index contributed by atoms with van der Waals surface area (Å²) in [6.45, 7) is -0.108. The van der Waals surface area contributed by atoms with E-state index in [0.717, 1.165) is 14.5 Å². The molecule has 120 valence electrons. The van der Waals surface area contributed by atoms with Crippen LogP contribution in [0.25, 0.3) is 0 Å². The number of carbonyl (C=O) groups is 1. The predicted molar refractivity (Wildman–Crippen MR) is 101 cm³/mol. The van der Waals surface area contributed by atoms with Gasteiger partial charge in [-0.25, -0.2) is 5.43 Å². The lowest BCUT2D eigenvalue weighted by Crippen LogP contribution is -2.24. The van der Waals surface area contributed by atoms with Crippen molar-refractivity contribution in [2.45, 2.75) is 4.90 Å². The third-order valence-electron chi connectivity index (χ3n) is 2.77. The SMILES string of the molecule is CSc1ccc(C=NNC(=O)COc2ccc(Br)cc2Br)cc1. The van der Waals surface area contributed by atoms with Crippen molar-refractivity contribution in [3.05, 3.63) is 57.0 Å². The number of carbonyl (C=O) groups excluding carboxylic acids is 1. The Morgan fingerprint density at radius 2 is 2.00 bits per heavy atom. The molecule has 2 aromatic carbocycles. The maximum Gasteiger partial charge on any atom is 0.277 e. The fourth-order valence-corrected chi connectivity index (χ4v) is 3.21. The highest BCUT2D eigenvalue weighted by Crippen LogP contribution is 2.28. The number of amides is 1. The van der Waals surface area contributed by atoms with E-state index in [-0.39, 0.29) is 12.5 Å². The molecule has 0 fully saturated rings. The van der Waals surface area contributed by atoms with E-state index in [1.165, 1.54) is 4.90 Å². The van der Waals surface area contributed by atoms with Gasteiger partial charge in [0.25, 0.3) is 5.91 Å². The van der Waals surface area contributed by atoms with Crippen LogP contribution in [0.3, 0.4) is 0 Å². The molecule has 0 aliphatic rings. The van der Waals surface area contributed by atoms with Gasteiger partial charge in [-0.2, -0.15) is 5.10 Å². The summed E-state index contributed by atoms with van der Waals surface area (Å²) >= 11 is 8.41. The zero-order chi connectivity index (χ0) is 16.7. The Labute approximate surface area is 155 Å². The Morgan fingerprint density at radius 1 is 1.26 bits per heavy atom. The van der Waals surface area contributed by atoms with Crippen LogP contribution in [0.15, 0.2) is 61.4 Å². The Hall–Kier alpha value is -1.31. The van der Waals surface area contributed by atoms with E-state index in [1.54, 1.807) is 24.0 Å². The monoisotopic (exact) mass is 456 g/mol. The van der Waals surface area contributed by atoms with E-state index in [1.807, 2.05) is 42.7 Å². The zero-order valence-corrected chi connectivity index (χ0v) is 16.2. The van der Waals surface area contributed by atoms with Crippen LogP contribution in [-0.2, 0) is 4.79 Å². The van der Waals surface area contributed by atoms with E-state index < -0.39 is 0 Å². The van der Waals surface area contributed by atoms with Gasteiger partial charge in [-0.05, 0) is 58.1 Å². The molecule has 0 aliphatic carbocycles. The molecule has 0 unspecified atom stereocenters. The summed E-state index contributed by atoms with van der Waals surface area (Å²) < 4.78 is 7.13. The Balaban J connectivity index is 1.81. The van der Waals surface area contributed by atoms with Gasteiger partial charge in [-0.1, -0.05) is 28.1 Å². The highest BCUT2D eigenvalue weighted by atomic mass is 79.9. The minimum absolute atomic E-state index is 0.108. The zero-order valence-electron chi connectivity index (χ0n) is 12.3. The van der Waals surface area contributed by atoms with Gasteiger partial charge < -0.3 is 4.74 Å². The maximum atomic E-state index is 11.7. The number of halogens is 2. The van der Waals surface area contributed by atoms with E-state index in [4.69, 9.17) is 4.74 Å². The fourth-order valence-electron chi connectivity index (χ4n) is 1.64. The second-order valence-electron chi connectivity index (χ2n) is 4.43. The number of ether oxygens (including phenoxy) is 1. The van der Waals surface area contributed by atoms with Crippen LogP contribution in [0.1, 0.15) is 5.56 Å². The Kier molecular flexibility index (Phi) is 7.14. The normalized spacial score (nSPS) is 10.7. The summed E-state index contributed by atoms with van der Waals surface area (Å²) in [5.41, 5.74) is 3.35. The number of rotatable bonds is 6. The molecule has 2 aromatic rings. The van der Waals surface area contributed by atoms with Crippen molar-refractivity contribution >= 4 is 55.7 Å². The molecule has 0 saturated carbocycles. The number of hydrogen-bond donors (Lipinski definition) is 1. The van der Waals surface area contributed by atoms with E-state index >= 15 is 0 Å². The number of nitrogens with zero attached hydrogens (tertiary/aromatic N) is 1. The van der Waals surface area contributed by atoms with Crippen LogP contribution in [0.2, 0.25) is 0 Å². The molecule has 0 saturated heterocycles. The molecule has 0 spiro atoms. The molecule has 23 heavy (non-hydrogen) atoms. The average molecular weight is 458 g/mol. The van der Waals surface area contributed by atoms with Crippen molar-refractivity contribution < 1.29 is 9.53 Å². The molecule has 7 heteroatoms. The summed E-state index contributed by atoms with van der Waals surface area (Å²) in [5, 5.41) is 3.92. The second-order valence-corrected chi connectivity index (χ2v) is 7.08. The van der Waals surface area contributed by atoms with E-state index in [2.05, 4.69) is 42.4 Å². The standard InChI is InChI=1S/C16H14Br2N2O2S/c1-23-13-5-2-11(3-6-13)9-19-20-16(21)10-22-15-7-4-12(17)8-14(15)18/h2-9H,10H2,1H3,(H,20,21). The lowest BCUT2D eigenvalue weighted by Gasteiger charge is -2.07. The summed E-state index contributed by atoms with van der Waals surface area (Å²) in [4.78, 5) is 12.9. The minimum atomic E-state index is -0.322. The summed E-state index contributed by atoms with van der Waals surface area (Å²) in [7, 11) is 0. The molecule has 1 amide bonds. The number of thioether (sulfide) groups is 1. The molecule has 0 bridgehead atoms. The third kappa shape index (κ3) is 6.01. The van der Waals surface area contributed by atoms with Crippen LogP contribution in [0.5, 0.6) is 5.75 Å². The van der Waals surface area contributed by atoms with Crippen LogP contribution < -0.4 is 10.2 Å². The smallest absolute Gasteiger partial charge is 0.277 e. The van der Waals surface area contributed by atoms with Crippen LogP contribution in [0, 0.1) is 0 Å². The first kappa shape index (κ1) is 18.0.